The number of para-hydroxylation sites is 1. The van der Waals surface area contributed by atoms with Crippen molar-refractivity contribution in [3.05, 3.63) is 65.7 Å². The smallest absolute Gasteiger partial charge is 0.342 e. The number of ether oxygens (including phenoxy) is 1. The average Bonchev–Trinajstić information content (AvgIpc) is 2.70. The Balaban J connectivity index is 1.79. The van der Waals surface area contributed by atoms with E-state index in [1.165, 1.54) is 13.8 Å². The molecule has 0 aliphatic rings. The predicted octanol–water partition coefficient (Wildman–Crippen LogP) is 3.64. The number of anilines is 1. The van der Waals surface area contributed by atoms with Gasteiger partial charge in [0.1, 0.15) is 17.1 Å². The molecule has 148 valence electrons. The molecule has 0 unspecified atom stereocenters. The van der Waals surface area contributed by atoms with E-state index in [9.17, 15) is 24.6 Å². The summed E-state index contributed by atoms with van der Waals surface area (Å²) in [7, 11) is 0. The molecule has 0 saturated heterocycles. The summed E-state index contributed by atoms with van der Waals surface area (Å²) >= 11 is 0. The Bertz CT molecular complexity index is 1120. The fourth-order valence-electron chi connectivity index (χ4n) is 2.91. The highest BCUT2D eigenvalue weighted by Crippen LogP contribution is 2.35. The van der Waals surface area contributed by atoms with Gasteiger partial charge in [-0.1, -0.05) is 36.4 Å². The van der Waals surface area contributed by atoms with Gasteiger partial charge in [0.05, 0.1) is 5.69 Å². The minimum atomic E-state index is -1.21. The van der Waals surface area contributed by atoms with E-state index in [1.807, 2.05) is 0 Å². The number of carbonyl (C=O) groups is 3. The lowest BCUT2D eigenvalue weighted by molar-refractivity contribution is -0.123. The van der Waals surface area contributed by atoms with Gasteiger partial charge in [0.25, 0.3) is 5.91 Å². The van der Waals surface area contributed by atoms with Crippen molar-refractivity contribution in [2.75, 3.05) is 5.32 Å². The monoisotopic (exact) mass is 393 g/mol. The molecule has 3 aromatic rings. The molecule has 0 aromatic heterocycles. The zero-order valence-electron chi connectivity index (χ0n) is 15.8. The Hall–Kier alpha value is -3.87. The lowest BCUT2D eigenvalue weighted by Crippen LogP contribution is -2.30. The van der Waals surface area contributed by atoms with Gasteiger partial charge in [-0.25, -0.2) is 4.79 Å². The molecule has 7 nitrogen and oxygen atoms in total. The molecule has 7 heteroatoms. The Labute approximate surface area is 166 Å². The van der Waals surface area contributed by atoms with E-state index in [2.05, 4.69) is 5.32 Å². The van der Waals surface area contributed by atoms with Crippen LogP contribution in [0.2, 0.25) is 0 Å². The van der Waals surface area contributed by atoms with Gasteiger partial charge in [-0.3, -0.25) is 9.59 Å². The number of aromatic hydroxyl groups is 2. The van der Waals surface area contributed by atoms with Crippen LogP contribution in [0.15, 0.2) is 54.6 Å². The lowest BCUT2D eigenvalue weighted by atomic mass is 10.0. The van der Waals surface area contributed by atoms with Crippen molar-refractivity contribution >= 4 is 34.1 Å². The summed E-state index contributed by atoms with van der Waals surface area (Å²) in [6, 6.07) is 14.1. The predicted molar refractivity (Wildman–Crippen MR) is 107 cm³/mol. The Morgan fingerprint density at radius 3 is 2.24 bits per heavy atom. The number of Topliss-reactive ketones (excluding diaryl/α,β-unsaturated/α-hetero) is 1. The Morgan fingerprint density at radius 1 is 0.931 bits per heavy atom. The van der Waals surface area contributed by atoms with Crippen LogP contribution in [-0.4, -0.2) is 34.0 Å². The molecule has 1 atom stereocenters. The molecule has 0 bridgehead atoms. The second-order valence-electron chi connectivity index (χ2n) is 6.48. The molecule has 3 rings (SSSR count). The number of hydrogen-bond acceptors (Lipinski definition) is 6. The maximum absolute atomic E-state index is 12.5. The number of hydrogen-bond donors (Lipinski definition) is 3. The third kappa shape index (κ3) is 4.03. The van der Waals surface area contributed by atoms with Crippen molar-refractivity contribution in [2.24, 2.45) is 0 Å². The van der Waals surface area contributed by atoms with Gasteiger partial charge < -0.3 is 20.3 Å². The van der Waals surface area contributed by atoms with E-state index in [1.54, 1.807) is 48.5 Å². The van der Waals surface area contributed by atoms with Crippen molar-refractivity contribution in [1.29, 1.82) is 0 Å². The van der Waals surface area contributed by atoms with E-state index in [-0.39, 0.29) is 28.2 Å². The van der Waals surface area contributed by atoms with Gasteiger partial charge in [-0.2, -0.15) is 0 Å². The highest BCUT2D eigenvalue weighted by atomic mass is 16.5. The van der Waals surface area contributed by atoms with Crippen molar-refractivity contribution in [3.63, 3.8) is 0 Å². The second kappa shape index (κ2) is 8.02. The highest BCUT2D eigenvalue weighted by molar-refractivity contribution is 6.06. The summed E-state index contributed by atoms with van der Waals surface area (Å²) in [5, 5.41) is 23.7. The molecule has 0 spiro atoms. The number of ketones is 1. The quantitative estimate of drug-likeness (QED) is 0.347. The molecule has 3 aromatic carbocycles. The number of nitrogens with one attached hydrogen (secondary N) is 1. The fourth-order valence-corrected chi connectivity index (χ4v) is 2.91. The molecule has 0 aliphatic carbocycles. The molecule has 0 radical (unpaired) electrons. The van der Waals surface area contributed by atoms with E-state index < -0.39 is 18.0 Å². The maximum atomic E-state index is 12.5. The number of esters is 1. The van der Waals surface area contributed by atoms with Crippen LogP contribution in [0.3, 0.4) is 0 Å². The van der Waals surface area contributed by atoms with Crippen LogP contribution in [0.25, 0.3) is 10.8 Å². The summed E-state index contributed by atoms with van der Waals surface area (Å²) in [5.74, 6) is -2.37. The maximum Gasteiger partial charge on any atom is 0.342 e. The van der Waals surface area contributed by atoms with Crippen LogP contribution in [0.1, 0.15) is 34.6 Å². The second-order valence-corrected chi connectivity index (χ2v) is 6.48. The summed E-state index contributed by atoms with van der Waals surface area (Å²) in [4.78, 5) is 36.6. The first-order valence-electron chi connectivity index (χ1n) is 8.85. The SMILES string of the molecule is CC(=O)c1ccccc1NC(=O)[C@@H](C)OC(=O)c1cc(O)c2ccccc2c1O. The Morgan fingerprint density at radius 2 is 1.55 bits per heavy atom. The topological polar surface area (TPSA) is 113 Å². The van der Waals surface area contributed by atoms with Crippen molar-refractivity contribution in [2.45, 2.75) is 20.0 Å². The van der Waals surface area contributed by atoms with E-state index >= 15 is 0 Å². The summed E-state index contributed by atoms with van der Waals surface area (Å²) < 4.78 is 5.15. The molecule has 0 saturated carbocycles. The van der Waals surface area contributed by atoms with Gasteiger partial charge in [0, 0.05) is 16.3 Å². The molecule has 0 heterocycles. The van der Waals surface area contributed by atoms with E-state index in [0.717, 1.165) is 6.07 Å². The first kappa shape index (κ1) is 19.9. The highest BCUT2D eigenvalue weighted by Gasteiger charge is 2.24. The Kier molecular flexibility index (Phi) is 5.50. The number of rotatable bonds is 5. The van der Waals surface area contributed by atoms with Crippen LogP contribution in [0, 0.1) is 0 Å². The van der Waals surface area contributed by atoms with Gasteiger partial charge >= 0.3 is 5.97 Å². The zero-order valence-corrected chi connectivity index (χ0v) is 15.8. The minimum absolute atomic E-state index is 0.196. The molecular formula is C22H19NO6. The van der Waals surface area contributed by atoms with Gasteiger partial charge in [0.15, 0.2) is 11.9 Å². The third-order valence-corrected chi connectivity index (χ3v) is 4.43. The first-order chi connectivity index (χ1) is 13.8. The minimum Gasteiger partial charge on any atom is -0.507 e. The van der Waals surface area contributed by atoms with E-state index in [4.69, 9.17) is 4.74 Å². The molecular weight excluding hydrogens is 374 g/mol. The fraction of sp³-hybridized carbons (Fsp3) is 0.136. The lowest BCUT2D eigenvalue weighted by Gasteiger charge is -2.16. The largest absolute Gasteiger partial charge is 0.507 e. The molecule has 29 heavy (non-hydrogen) atoms. The van der Waals surface area contributed by atoms with Crippen molar-refractivity contribution in [1.82, 2.24) is 0 Å². The summed E-state index contributed by atoms with van der Waals surface area (Å²) in [5.41, 5.74) is 0.376. The number of carbonyl (C=O) groups excluding carboxylic acids is 3. The summed E-state index contributed by atoms with van der Waals surface area (Å²) in [6.07, 6.45) is -1.21. The summed E-state index contributed by atoms with van der Waals surface area (Å²) in [6.45, 7) is 2.74. The molecule has 0 fully saturated rings. The van der Waals surface area contributed by atoms with Crippen LogP contribution in [-0.2, 0) is 9.53 Å². The van der Waals surface area contributed by atoms with Crippen molar-refractivity contribution < 1.29 is 29.3 Å². The zero-order chi connectivity index (χ0) is 21.1. The van der Waals surface area contributed by atoms with Gasteiger partial charge in [0.2, 0.25) is 0 Å². The standard InChI is InChI=1S/C22H19NO6/c1-12(24)14-7-5-6-10-18(14)23-21(27)13(2)29-22(28)17-11-19(25)15-8-3-4-9-16(15)20(17)26/h3-11,13,25-26H,1-2H3,(H,23,27)/t13-/m1/s1. The molecule has 0 aliphatic heterocycles. The van der Waals surface area contributed by atoms with Gasteiger partial charge in [-0.15, -0.1) is 0 Å². The van der Waals surface area contributed by atoms with Gasteiger partial charge in [-0.05, 0) is 32.0 Å². The van der Waals surface area contributed by atoms with Crippen LogP contribution in [0.4, 0.5) is 5.69 Å². The molecule has 1 amide bonds. The van der Waals surface area contributed by atoms with Crippen molar-refractivity contribution in [3.8, 4) is 11.5 Å². The number of fused-ring (bicyclic) bond motifs is 1. The number of amides is 1. The average molecular weight is 393 g/mol. The molecule has 3 N–H and O–H groups in total. The van der Waals surface area contributed by atoms with Crippen LogP contribution in [0.5, 0.6) is 11.5 Å². The number of phenols is 2. The van der Waals surface area contributed by atoms with E-state index in [0.29, 0.717) is 16.6 Å². The number of benzene rings is 3. The van der Waals surface area contributed by atoms with Crippen LogP contribution < -0.4 is 5.32 Å². The third-order valence-electron chi connectivity index (χ3n) is 4.43. The first-order valence-corrected chi connectivity index (χ1v) is 8.85. The van der Waals surface area contributed by atoms with Crippen LogP contribution >= 0.6 is 0 Å². The normalized spacial score (nSPS) is 11.7. The number of phenolic OH excluding ortho intramolecular Hbond substituents is 2.